The first-order valence-corrected chi connectivity index (χ1v) is 4.83. The van der Waals surface area contributed by atoms with Crippen LogP contribution in [0, 0.1) is 21.4 Å². The number of carbonyl (C=O) groups excluding carboxylic acids is 1. The van der Waals surface area contributed by atoms with Gasteiger partial charge in [-0.15, -0.1) is 0 Å². The van der Waals surface area contributed by atoms with Gasteiger partial charge in [-0.2, -0.15) is 10.3 Å². The first kappa shape index (κ1) is 11.0. The van der Waals surface area contributed by atoms with E-state index in [0.717, 1.165) is 0 Å². The van der Waals surface area contributed by atoms with Crippen LogP contribution in [0.3, 0.4) is 0 Å². The first-order valence-electron chi connectivity index (χ1n) is 4.83. The van der Waals surface area contributed by atoms with Crippen molar-refractivity contribution in [2.24, 2.45) is 0 Å². The van der Waals surface area contributed by atoms with Gasteiger partial charge >= 0.3 is 0 Å². The number of non-ortho nitro benzene ring substituents is 1. The fourth-order valence-corrected chi connectivity index (χ4v) is 1.30. The number of carbonyl (C=O) groups is 1. The van der Waals surface area contributed by atoms with Crippen molar-refractivity contribution in [3.05, 3.63) is 39.9 Å². The number of nitro benzene ring substituents is 1. The Labute approximate surface area is 96.4 Å². The fraction of sp³-hybridized carbons (Fsp3) is 0.200. The Morgan fingerprint density at radius 2 is 2.18 bits per heavy atom. The van der Waals surface area contributed by atoms with E-state index in [1.54, 1.807) is 0 Å². The van der Waals surface area contributed by atoms with Crippen molar-refractivity contribution in [3.63, 3.8) is 0 Å². The summed E-state index contributed by atoms with van der Waals surface area (Å²) in [6.45, 7) is 0.509. The monoisotopic (exact) mass is 232 g/mol. The third-order valence-corrected chi connectivity index (χ3v) is 2.35. The van der Waals surface area contributed by atoms with Crippen LogP contribution in [0.15, 0.2) is 24.3 Å². The van der Waals surface area contributed by atoms with Gasteiger partial charge in [-0.05, 0) is 12.1 Å². The van der Waals surface area contributed by atoms with Crippen molar-refractivity contribution in [1.82, 2.24) is 10.4 Å². The number of nitriles is 1. The highest BCUT2D eigenvalue weighted by Gasteiger charge is 2.35. The maximum Gasteiger partial charge on any atom is 0.269 e. The summed E-state index contributed by atoms with van der Waals surface area (Å²) in [7, 11) is 0. The highest BCUT2D eigenvalue weighted by molar-refractivity contribution is 5.94. The third kappa shape index (κ3) is 2.38. The number of nitro groups is 1. The molecular formula is C10H8N4O3. The standard InChI is InChI=1S/C10H8N4O3/c11-5-9-6-13(9)12-10(15)7-1-3-8(4-2-7)14(16)17/h1-4,9H,6H2,(H,12,15). The van der Waals surface area contributed by atoms with Crippen LogP contribution in [0.25, 0.3) is 0 Å². The van der Waals surface area contributed by atoms with Gasteiger partial charge in [0.1, 0.15) is 6.04 Å². The van der Waals surface area contributed by atoms with Crippen LogP contribution < -0.4 is 5.43 Å². The summed E-state index contributed by atoms with van der Waals surface area (Å²) in [6.07, 6.45) is 0. The zero-order chi connectivity index (χ0) is 12.4. The van der Waals surface area contributed by atoms with Crippen molar-refractivity contribution in [2.45, 2.75) is 6.04 Å². The fourth-order valence-electron chi connectivity index (χ4n) is 1.30. The van der Waals surface area contributed by atoms with Crippen LogP contribution >= 0.6 is 0 Å². The molecule has 1 aromatic carbocycles. The van der Waals surface area contributed by atoms with Gasteiger partial charge < -0.3 is 0 Å². The van der Waals surface area contributed by atoms with Gasteiger partial charge in [0.25, 0.3) is 11.6 Å². The number of amides is 1. The van der Waals surface area contributed by atoms with Gasteiger partial charge in [-0.1, -0.05) is 0 Å². The Morgan fingerprint density at radius 3 is 2.65 bits per heavy atom. The highest BCUT2D eigenvalue weighted by Crippen LogP contribution is 2.14. The van der Waals surface area contributed by atoms with E-state index in [-0.39, 0.29) is 17.6 Å². The number of nitrogens with zero attached hydrogens (tertiary/aromatic N) is 3. The average Bonchev–Trinajstić information content (AvgIpc) is 3.07. The molecule has 2 rings (SSSR count). The van der Waals surface area contributed by atoms with Crippen LogP contribution in [-0.4, -0.2) is 28.4 Å². The number of hydrazine groups is 1. The first-order chi connectivity index (χ1) is 8.11. The van der Waals surface area contributed by atoms with E-state index < -0.39 is 4.92 Å². The van der Waals surface area contributed by atoms with Crippen LogP contribution in [-0.2, 0) is 0 Å². The molecule has 1 fully saturated rings. The molecule has 0 radical (unpaired) electrons. The Hall–Kier alpha value is -2.46. The maximum absolute atomic E-state index is 11.6. The lowest BCUT2D eigenvalue weighted by Gasteiger charge is -2.04. The molecule has 0 aliphatic carbocycles. The molecule has 1 aliphatic heterocycles. The third-order valence-electron chi connectivity index (χ3n) is 2.35. The average molecular weight is 232 g/mol. The summed E-state index contributed by atoms with van der Waals surface area (Å²) in [5.41, 5.74) is 2.77. The van der Waals surface area contributed by atoms with Crippen LogP contribution in [0.1, 0.15) is 10.4 Å². The Balaban J connectivity index is 2.00. The minimum atomic E-state index is -0.530. The molecule has 86 valence electrons. The molecule has 2 unspecified atom stereocenters. The van der Waals surface area contributed by atoms with Crippen LogP contribution in [0.5, 0.6) is 0 Å². The molecule has 0 aromatic heterocycles. The molecule has 1 aromatic rings. The van der Waals surface area contributed by atoms with Crippen LogP contribution in [0.2, 0.25) is 0 Å². The van der Waals surface area contributed by atoms with Gasteiger partial charge in [0, 0.05) is 17.7 Å². The normalized spacial score (nSPS) is 21.4. The molecule has 1 amide bonds. The van der Waals surface area contributed by atoms with Crippen molar-refractivity contribution in [3.8, 4) is 6.07 Å². The van der Waals surface area contributed by atoms with E-state index in [9.17, 15) is 14.9 Å². The second kappa shape index (κ2) is 4.19. The molecule has 2 atom stereocenters. The van der Waals surface area contributed by atoms with Crippen molar-refractivity contribution >= 4 is 11.6 Å². The quantitative estimate of drug-likeness (QED) is 0.463. The van der Waals surface area contributed by atoms with Crippen molar-refractivity contribution < 1.29 is 9.72 Å². The lowest BCUT2D eigenvalue weighted by molar-refractivity contribution is -0.384. The zero-order valence-electron chi connectivity index (χ0n) is 8.66. The number of hydrogen-bond donors (Lipinski definition) is 1. The zero-order valence-corrected chi connectivity index (χ0v) is 8.66. The minimum absolute atomic E-state index is 0.0665. The van der Waals surface area contributed by atoms with Crippen LogP contribution in [0.4, 0.5) is 5.69 Å². The van der Waals surface area contributed by atoms with Crippen molar-refractivity contribution in [1.29, 1.82) is 5.26 Å². The number of nitrogens with one attached hydrogen (secondary N) is 1. The maximum atomic E-state index is 11.6. The lowest BCUT2D eigenvalue weighted by atomic mass is 10.2. The Kier molecular flexibility index (Phi) is 2.72. The summed E-state index contributed by atoms with van der Waals surface area (Å²) in [5.74, 6) is -0.377. The van der Waals surface area contributed by atoms with E-state index in [2.05, 4.69) is 5.43 Å². The summed E-state index contributed by atoms with van der Waals surface area (Å²) in [6, 6.07) is 7.00. The minimum Gasteiger partial charge on any atom is -0.283 e. The largest absolute Gasteiger partial charge is 0.283 e. The van der Waals surface area contributed by atoms with Gasteiger partial charge in [0.15, 0.2) is 0 Å². The molecule has 1 heterocycles. The van der Waals surface area contributed by atoms with E-state index in [0.29, 0.717) is 12.1 Å². The molecule has 0 spiro atoms. The number of rotatable bonds is 3. The van der Waals surface area contributed by atoms with E-state index >= 15 is 0 Å². The second-order valence-electron chi connectivity index (χ2n) is 3.54. The number of benzene rings is 1. The Bertz CT molecular complexity index is 505. The van der Waals surface area contributed by atoms with Gasteiger partial charge in [-0.25, -0.2) is 0 Å². The molecule has 1 N–H and O–H groups in total. The predicted molar refractivity (Wildman–Crippen MR) is 56.7 cm³/mol. The molecule has 1 saturated heterocycles. The second-order valence-corrected chi connectivity index (χ2v) is 3.54. The molecule has 17 heavy (non-hydrogen) atoms. The SMILES string of the molecule is N#CC1CN1NC(=O)c1ccc([N+](=O)[O-])cc1. The predicted octanol–water partition coefficient (Wildman–Crippen LogP) is 0.447. The van der Waals surface area contributed by atoms with Gasteiger partial charge in [-0.3, -0.25) is 20.3 Å². The molecule has 1 aliphatic rings. The van der Waals surface area contributed by atoms with Gasteiger partial charge in [0.2, 0.25) is 0 Å². The van der Waals surface area contributed by atoms with Crippen molar-refractivity contribution in [2.75, 3.05) is 6.54 Å². The van der Waals surface area contributed by atoms with E-state index in [1.165, 1.54) is 29.3 Å². The summed E-state index contributed by atoms with van der Waals surface area (Å²) in [4.78, 5) is 21.5. The Morgan fingerprint density at radius 1 is 1.53 bits per heavy atom. The molecular weight excluding hydrogens is 224 g/mol. The topological polar surface area (TPSA) is 99.0 Å². The lowest BCUT2D eigenvalue weighted by Crippen LogP contribution is -2.30. The highest BCUT2D eigenvalue weighted by atomic mass is 16.6. The molecule has 0 bridgehead atoms. The van der Waals surface area contributed by atoms with E-state index in [4.69, 9.17) is 5.26 Å². The summed E-state index contributed by atoms with van der Waals surface area (Å²) >= 11 is 0. The molecule has 7 nitrogen and oxygen atoms in total. The summed E-state index contributed by atoms with van der Waals surface area (Å²) < 4.78 is 0. The summed E-state index contributed by atoms with van der Waals surface area (Å²) in [5, 5.41) is 20.4. The molecule has 0 saturated carbocycles. The smallest absolute Gasteiger partial charge is 0.269 e. The molecule has 7 heteroatoms. The van der Waals surface area contributed by atoms with Gasteiger partial charge in [0.05, 0.1) is 17.5 Å². The van der Waals surface area contributed by atoms with E-state index in [1.807, 2.05) is 6.07 Å². The number of hydrogen-bond acceptors (Lipinski definition) is 5.